The summed E-state index contributed by atoms with van der Waals surface area (Å²) >= 11 is 0. The lowest BCUT2D eigenvalue weighted by atomic mass is 9.95. The molecular formula is C34H46O10. The number of rotatable bonds is 14. The van der Waals surface area contributed by atoms with E-state index in [1.165, 1.54) is 42.5 Å². The van der Waals surface area contributed by atoms with Crippen LogP contribution in [0.1, 0.15) is 130 Å². The van der Waals surface area contributed by atoms with Crippen molar-refractivity contribution in [3.8, 4) is 0 Å². The molecule has 10 nitrogen and oxygen atoms in total. The first-order valence-electron chi connectivity index (χ1n) is 14.7. The molecule has 0 unspecified atom stereocenters. The molecule has 10 heteroatoms. The van der Waals surface area contributed by atoms with E-state index in [1.54, 1.807) is 41.5 Å². The predicted octanol–water partition coefficient (Wildman–Crippen LogP) is 7.49. The van der Waals surface area contributed by atoms with Gasteiger partial charge in [0, 0.05) is 11.1 Å². The topological polar surface area (TPSA) is 124 Å². The van der Waals surface area contributed by atoms with Gasteiger partial charge in [0.2, 0.25) is 0 Å². The number of hydrogen-bond donors (Lipinski definition) is 0. The number of hydrogen-bond acceptors (Lipinski definition) is 10. The van der Waals surface area contributed by atoms with Crippen LogP contribution < -0.4 is 0 Å². The van der Waals surface area contributed by atoms with E-state index in [-0.39, 0.29) is 45.6 Å². The standard InChI is InChI=1S/C34H46O10/c1-20(2)32(7,8)42-39-29(36)24-15-13-23(14-16-24)28(35)25-17-18-26(30(37)40-43-33(9,10)21(3)4)27(19-25)31(38)41-44-34(11,12)22(5)6/h13-22H,1-12H3. The zero-order valence-electron chi connectivity index (χ0n) is 27.9. The molecule has 0 atom stereocenters. The Morgan fingerprint density at radius 3 is 1.23 bits per heavy atom. The van der Waals surface area contributed by atoms with Crippen molar-refractivity contribution in [2.45, 2.75) is 99.9 Å². The Kier molecular flexibility index (Phi) is 12.0. The van der Waals surface area contributed by atoms with E-state index in [0.29, 0.717) is 0 Å². The second-order valence-electron chi connectivity index (χ2n) is 13.3. The van der Waals surface area contributed by atoms with Crippen molar-refractivity contribution >= 4 is 23.7 Å². The number of ketones is 1. The number of carbonyl (C=O) groups excluding carboxylic acids is 4. The van der Waals surface area contributed by atoms with E-state index >= 15 is 0 Å². The van der Waals surface area contributed by atoms with Crippen LogP contribution >= 0.6 is 0 Å². The van der Waals surface area contributed by atoms with Gasteiger partial charge in [-0.1, -0.05) is 59.7 Å². The van der Waals surface area contributed by atoms with Gasteiger partial charge >= 0.3 is 17.9 Å². The summed E-state index contributed by atoms with van der Waals surface area (Å²) in [7, 11) is 0. The van der Waals surface area contributed by atoms with Crippen molar-refractivity contribution in [1.82, 2.24) is 0 Å². The van der Waals surface area contributed by atoms with Gasteiger partial charge in [0.25, 0.3) is 0 Å². The van der Waals surface area contributed by atoms with E-state index in [1.807, 2.05) is 41.5 Å². The Bertz CT molecular complexity index is 1330. The van der Waals surface area contributed by atoms with Gasteiger partial charge in [0.05, 0.1) is 16.7 Å². The largest absolute Gasteiger partial charge is 0.374 e. The summed E-state index contributed by atoms with van der Waals surface area (Å²) < 4.78 is 0. The van der Waals surface area contributed by atoms with Crippen LogP contribution in [-0.2, 0) is 29.3 Å². The van der Waals surface area contributed by atoms with Gasteiger partial charge in [0.15, 0.2) is 5.78 Å². The molecule has 2 aromatic carbocycles. The Morgan fingerprint density at radius 1 is 0.477 bits per heavy atom. The molecule has 0 N–H and O–H groups in total. The molecule has 0 amide bonds. The lowest BCUT2D eigenvalue weighted by Gasteiger charge is -2.27. The highest BCUT2D eigenvalue weighted by Crippen LogP contribution is 2.26. The summed E-state index contributed by atoms with van der Waals surface area (Å²) in [6.07, 6.45) is 0. The van der Waals surface area contributed by atoms with E-state index in [9.17, 15) is 19.2 Å². The first-order chi connectivity index (χ1) is 20.2. The molecule has 0 spiro atoms. The highest BCUT2D eigenvalue weighted by Gasteiger charge is 2.31. The monoisotopic (exact) mass is 614 g/mol. The Morgan fingerprint density at radius 2 is 0.818 bits per heavy atom. The van der Waals surface area contributed by atoms with Crippen LogP contribution in [0.15, 0.2) is 42.5 Å². The quantitative estimate of drug-likeness (QED) is 0.120. The van der Waals surface area contributed by atoms with Crippen molar-refractivity contribution in [2.75, 3.05) is 0 Å². The van der Waals surface area contributed by atoms with Crippen LogP contribution in [0.2, 0.25) is 0 Å². The van der Waals surface area contributed by atoms with Gasteiger partial charge < -0.3 is 0 Å². The fraction of sp³-hybridized carbons (Fsp3) is 0.529. The molecule has 0 radical (unpaired) electrons. The van der Waals surface area contributed by atoms with E-state index in [0.717, 1.165) is 0 Å². The average Bonchev–Trinajstić information content (AvgIpc) is 2.96. The highest BCUT2D eigenvalue weighted by molar-refractivity contribution is 6.12. The van der Waals surface area contributed by atoms with E-state index < -0.39 is 40.5 Å². The molecule has 242 valence electrons. The minimum Gasteiger partial charge on any atom is -0.292 e. The second-order valence-corrected chi connectivity index (χ2v) is 13.3. The molecule has 2 aromatic rings. The van der Waals surface area contributed by atoms with Crippen LogP contribution in [0.4, 0.5) is 0 Å². The predicted molar refractivity (Wildman–Crippen MR) is 163 cm³/mol. The van der Waals surface area contributed by atoms with Gasteiger partial charge in [-0.15, -0.1) is 0 Å². The van der Waals surface area contributed by atoms with Crippen molar-refractivity contribution in [3.05, 3.63) is 70.3 Å². The van der Waals surface area contributed by atoms with Crippen molar-refractivity contribution in [1.29, 1.82) is 0 Å². The molecule has 0 aliphatic carbocycles. The molecular weight excluding hydrogens is 568 g/mol. The third kappa shape index (κ3) is 9.45. The summed E-state index contributed by atoms with van der Waals surface area (Å²) in [5.74, 6) is -3.02. The summed E-state index contributed by atoms with van der Waals surface area (Å²) in [6.45, 7) is 22.1. The fourth-order valence-corrected chi connectivity index (χ4v) is 2.82. The number of benzene rings is 2. The minimum absolute atomic E-state index is 0.00664. The molecule has 0 heterocycles. The molecule has 2 rings (SSSR count). The molecule has 0 aliphatic rings. The van der Waals surface area contributed by atoms with E-state index in [4.69, 9.17) is 29.3 Å². The average molecular weight is 615 g/mol. The van der Waals surface area contributed by atoms with E-state index in [2.05, 4.69) is 0 Å². The summed E-state index contributed by atoms with van der Waals surface area (Å²) in [5.41, 5.74) is -2.27. The van der Waals surface area contributed by atoms with Gasteiger partial charge in [-0.3, -0.25) is 19.5 Å². The SMILES string of the molecule is CC(C)C(C)(C)OOC(=O)c1ccc(C(=O)c2ccc(C(=O)OOC(C)(C)C(C)C)c(C(=O)OOC(C)(C)C(C)C)c2)cc1. The first-order valence-corrected chi connectivity index (χ1v) is 14.7. The smallest absolute Gasteiger partial charge is 0.292 e. The van der Waals surface area contributed by atoms with Gasteiger partial charge in [0.1, 0.15) is 16.8 Å². The Hall–Kier alpha value is -3.60. The minimum atomic E-state index is -0.995. The maximum absolute atomic E-state index is 13.4. The van der Waals surface area contributed by atoms with Gasteiger partial charge in [-0.2, -0.15) is 14.7 Å². The zero-order valence-corrected chi connectivity index (χ0v) is 27.9. The normalized spacial score (nSPS) is 12.4. The fourth-order valence-electron chi connectivity index (χ4n) is 2.82. The third-order valence-electron chi connectivity index (χ3n) is 8.27. The third-order valence-corrected chi connectivity index (χ3v) is 8.27. The first kappa shape index (κ1) is 36.6. The van der Waals surface area contributed by atoms with Gasteiger partial charge in [-0.25, -0.2) is 14.4 Å². The van der Waals surface area contributed by atoms with Crippen LogP contribution in [0.3, 0.4) is 0 Å². The summed E-state index contributed by atoms with van der Waals surface area (Å²) in [6, 6.07) is 9.64. The second kappa shape index (κ2) is 14.5. The molecule has 0 fully saturated rings. The molecule has 0 bridgehead atoms. The summed E-state index contributed by atoms with van der Waals surface area (Å²) in [4.78, 5) is 83.3. The maximum atomic E-state index is 13.4. The lowest BCUT2D eigenvalue weighted by molar-refractivity contribution is -0.318. The maximum Gasteiger partial charge on any atom is 0.374 e. The molecule has 0 saturated carbocycles. The Balaban J connectivity index is 2.35. The Labute approximate surface area is 260 Å². The molecule has 0 saturated heterocycles. The van der Waals surface area contributed by atoms with Crippen molar-refractivity contribution < 1.29 is 48.5 Å². The molecule has 44 heavy (non-hydrogen) atoms. The van der Waals surface area contributed by atoms with Gasteiger partial charge in [-0.05, 0) is 83.6 Å². The zero-order chi connectivity index (χ0) is 33.6. The molecule has 0 aromatic heterocycles. The van der Waals surface area contributed by atoms with Crippen LogP contribution in [-0.4, -0.2) is 40.5 Å². The molecule has 0 aliphatic heterocycles. The van der Waals surface area contributed by atoms with Crippen LogP contribution in [0.25, 0.3) is 0 Å². The lowest BCUT2D eigenvalue weighted by Crippen LogP contribution is -2.33. The number of carbonyl (C=O) groups is 4. The van der Waals surface area contributed by atoms with Crippen LogP contribution in [0.5, 0.6) is 0 Å². The van der Waals surface area contributed by atoms with Crippen molar-refractivity contribution in [2.24, 2.45) is 17.8 Å². The summed E-state index contributed by atoms with van der Waals surface area (Å²) in [5, 5.41) is 0. The van der Waals surface area contributed by atoms with Crippen molar-refractivity contribution in [3.63, 3.8) is 0 Å². The van der Waals surface area contributed by atoms with Crippen LogP contribution in [0, 0.1) is 17.8 Å². The highest BCUT2D eigenvalue weighted by atomic mass is 17.2.